The van der Waals surface area contributed by atoms with Gasteiger partial charge in [0.2, 0.25) is 0 Å². The second-order valence-corrected chi connectivity index (χ2v) is 11.6. The van der Waals surface area contributed by atoms with Crippen molar-refractivity contribution in [2.75, 3.05) is 78.0 Å². The van der Waals surface area contributed by atoms with Gasteiger partial charge in [0.1, 0.15) is 6.33 Å². The Kier molecular flexibility index (Phi) is 8.29. The van der Waals surface area contributed by atoms with E-state index < -0.39 is 0 Å². The van der Waals surface area contributed by atoms with Crippen LogP contribution in [0.25, 0.3) is 11.2 Å². The fraction of sp³-hybridized carbons (Fsp3) is 0.586. The molecule has 15 nitrogen and oxygen atoms in total. The molecule has 2 aromatic heterocycles. The summed E-state index contributed by atoms with van der Waals surface area (Å²) in [4.78, 5) is 35.4. The molecule has 0 radical (unpaired) electrons. The Labute approximate surface area is 256 Å². The summed E-state index contributed by atoms with van der Waals surface area (Å²) in [7, 11) is 5.16. The van der Waals surface area contributed by atoms with Gasteiger partial charge in [-0.1, -0.05) is 5.21 Å². The van der Waals surface area contributed by atoms with Crippen LogP contribution in [-0.4, -0.2) is 125 Å². The zero-order valence-corrected chi connectivity index (χ0v) is 25.8. The molecule has 3 aliphatic heterocycles. The standard InChI is InChI=1S/C29H42N12O3/c1-37-25-24(35-36-37)26(34-19-33-25)38-13-15-40(16-14-38)28(42)39-11-6-29(7-12-39)21-18-23(44-3)22(43-2)17-20(21)5-10-41(29)9-4-8-32-27(30)31/h17-19H,4-16H2,1-3H3,(H4,30,31,32). The topological polar surface area (TPSA) is 169 Å². The van der Waals surface area contributed by atoms with E-state index in [0.717, 1.165) is 56.1 Å². The number of amides is 2. The van der Waals surface area contributed by atoms with Crippen LogP contribution in [0.4, 0.5) is 10.6 Å². The number of aromatic nitrogens is 5. The number of nitrogens with zero attached hydrogens (tertiary/aromatic N) is 10. The first-order chi connectivity index (χ1) is 21.3. The third-order valence-corrected chi connectivity index (χ3v) is 9.33. The van der Waals surface area contributed by atoms with Crippen molar-refractivity contribution < 1.29 is 14.3 Å². The minimum Gasteiger partial charge on any atom is -0.493 e. The number of nitrogens with two attached hydrogens (primary N) is 2. The summed E-state index contributed by atoms with van der Waals surface area (Å²) in [5, 5.41) is 8.35. The second kappa shape index (κ2) is 12.3. The number of likely N-dealkylation sites (tertiary alicyclic amines) is 1. The summed E-state index contributed by atoms with van der Waals surface area (Å²) in [6.07, 6.45) is 4.97. The van der Waals surface area contributed by atoms with E-state index >= 15 is 0 Å². The number of hydrogen-bond donors (Lipinski definition) is 2. The minimum absolute atomic E-state index is 0.0921. The monoisotopic (exact) mass is 606 g/mol. The van der Waals surface area contributed by atoms with Gasteiger partial charge < -0.3 is 35.6 Å². The van der Waals surface area contributed by atoms with Gasteiger partial charge in [0.25, 0.3) is 0 Å². The first-order valence-corrected chi connectivity index (χ1v) is 15.2. The van der Waals surface area contributed by atoms with Gasteiger partial charge in [-0.2, -0.15) is 0 Å². The molecule has 3 aromatic rings. The third-order valence-electron chi connectivity index (χ3n) is 9.33. The van der Waals surface area contributed by atoms with Gasteiger partial charge in [0.05, 0.1) is 14.2 Å². The lowest BCUT2D eigenvalue weighted by molar-refractivity contribution is 0.0131. The van der Waals surface area contributed by atoms with Gasteiger partial charge >= 0.3 is 6.03 Å². The maximum atomic E-state index is 13.8. The molecule has 0 unspecified atom stereocenters. The van der Waals surface area contributed by atoms with E-state index in [1.54, 1.807) is 25.2 Å². The summed E-state index contributed by atoms with van der Waals surface area (Å²) in [5.41, 5.74) is 14.8. The lowest BCUT2D eigenvalue weighted by Crippen LogP contribution is -2.59. The Balaban J connectivity index is 1.15. The first-order valence-electron chi connectivity index (χ1n) is 15.2. The molecule has 0 bridgehead atoms. The lowest BCUT2D eigenvalue weighted by Gasteiger charge is -2.53. The molecule has 2 fully saturated rings. The summed E-state index contributed by atoms with van der Waals surface area (Å²) in [6, 6.07) is 4.36. The average Bonchev–Trinajstić information content (AvgIpc) is 3.44. The summed E-state index contributed by atoms with van der Waals surface area (Å²) >= 11 is 0. The van der Waals surface area contributed by atoms with E-state index in [9.17, 15) is 4.79 Å². The van der Waals surface area contributed by atoms with Crippen molar-refractivity contribution in [1.82, 2.24) is 39.7 Å². The molecule has 3 aliphatic rings. The molecule has 5 heterocycles. The number of fused-ring (bicyclic) bond motifs is 3. The number of carbonyl (C=O) groups is 1. The van der Waals surface area contributed by atoms with Gasteiger partial charge in [-0.3, -0.25) is 9.89 Å². The van der Waals surface area contributed by atoms with E-state index in [2.05, 4.69) is 47.2 Å². The van der Waals surface area contributed by atoms with Crippen molar-refractivity contribution in [1.29, 1.82) is 0 Å². The van der Waals surface area contributed by atoms with Crippen LogP contribution in [0.5, 0.6) is 11.5 Å². The Morgan fingerprint density at radius 1 is 0.977 bits per heavy atom. The van der Waals surface area contributed by atoms with E-state index in [-0.39, 0.29) is 17.5 Å². The Morgan fingerprint density at radius 2 is 1.68 bits per heavy atom. The van der Waals surface area contributed by atoms with Crippen LogP contribution in [0.15, 0.2) is 23.5 Å². The maximum Gasteiger partial charge on any atom is 0.320 e. The zero-order chi connectivity index (χ0) is 30.8. The maximum absolute atomic E-state index is 13.8. The van der Waals surface area contributed by atoms with Crippen molar-refractivity contribution >= 4 is 29.0 Å². The van der Waals surface area contributed by atoms with Gasteiger partial charge in [0.15, 0.2) is 34.4 Å². The number of ether oxygens (including phenoxy) is 2. The molecule has 0 aliphatic carbocycles. The van der Waals surface area contributed by atoms with Gasteiger partial charge in [-0.05, 0) is 48.9 Å². The first kappa shape index (κ1) is 29.7. The normalized spacial score (nSPS) is 18.4. The number of rotatable bonds is 7. The number of methoxy groups -OCH3 is 2. The number of hydrogen-bond acceptors (Lipinski definition) is 10. The molecule has 0 atom stereocenters. The molecule has 2 saturated heterocycles. The summed E-state index contributed by atoms with van der Waals surface area (Å²) in [6.45, 7) is 6.28. The van der Waals surface area contributed by atoms with Crippen LogP contribution in [0.3, 0.4) is 0 Å². The Hall–Kier alpha value is -4.40. The van der Waals surface area contributed by atoms with Gasteiger partial charge in [-0.25, -0.2) is 19.4 Å². The second-order valence-electron chi connectivity index (χ2n) is 11.6. The number of guanidine groups is 1. The predicted octanol–water partition coefficient (Wildman–Crippen LogP) is 0.530. The highest BCUT2D eigenvalue weighted by Crippen LogP contribution is 2.47. The van der Waals surface area contributed by atoms with Crippen molar-refractivity contribution in [3.8, 4) is 11.5 Å². The molecule has 6 rings (SSSR count). The molecule has 1 aromatic carbocycles. The smallest absolute Gasteiger partial charge is 0.320 e. The summed E-state index contributed by atoms with van der Waals surface area (Å²) < 4.78 is 13.0. The van der Waals surface area contributed by atoms with Crippen molar-refractivity contribution in [2.45, 2.75) is 31.2 Å². The fourth-order valence-corrected chi connectivity index (χ4v) is 7.03. The molecule has 4 N–H and O–H groups in total. The Bertz CT molecular complexity index is 1520. The van der Waals surface area contributed by atoms with Crippen molar-refractivity contribution in [2.24, 2.45) is 23.5 Å². The largest absolute Gasteiger partial charge is 0.493 e. The number of piperazine rings is 1. The van der Waals surface area contributed by atoms with Crippen molar-refractivity contribution in [3.63, 3.8) is 0 Å². The molecule has 2 amide bonds. The van der Waals surface area contributed by atoms with Crippen molar-refractivity contribution in [3.05, 3.63) is 29.6 Å². The molecule has 236 valence electrons. The molecular weight excluding hydrogens is 564 g/mol. The highest BCUT2D eigenvalue weighted by Gasteiger charge is 2.46. The number of aryl methyl sites for hydroxylation is 1. The number of anilines is 1. The number of carbonyl (C=O) groups excluding carboxylic acids is 1. The third kappa shape index (κ3) is 5.40. The highest BCUT2D eigenvalue weighted by atomic mass is 16.5. The molecule has 0 saturated carbocycles. The average molecular weight is 607 g/mol. The molecular formula is C29H42N12O3. The molecule has 44 heavy (non-hydrogen) atoms. The highest BCUT2D eigenvalue weighted by molar-refractivity contribution is 5.83. The minimum atomic E-state index is -0.213. The van der Waals surface area contributed by atoms with Gasteiger partial charge in [0, 0.05) is 71.5 Å². The van der Waals surface area contributed by atoms with Crippen LogP contribution in [-0.2, 0) is 19.0 Å². The number of benzene rings is 1. The van der Waals surface area contributed by atoms with Crippen LogP contribution >= 0.6 is 0 Å². The van der Waals surface area contributed by atoms with E-state index in [0.29, 0.717) is 57.0 Å². The Morgan fingerprint density at radius 3 is 2.39 bits per heavy atom. The van der Waals surface area contributed by atoms with E-state index in [4.69, 9.17) is 20.9 Å². The van der Waals surface area contributed by atoms with E-state index in [1.165, 1.54) is 11.1 Å². The van der Waals surface area contributed by atoms with Crippen LogP contribution in [0.2, 0.25) is 0 Å². The van der Waals surface area contributed by atoms with Gasteiger partial charge in [-0.15, -0.1) is 5.10 Å². The van der Waals surface area contributed by atoms with E-state index in [1.807, 2.05) is 16.8 Å². The molecule has 15 heteroatoms. The SMILES string of the molecule is COc1cc2c(cc1OC)C1(CCN(C(=O)N3CCN(c4ncnc5c4nnn5C)CC3)CC1)N(CCCN=C(N)N)CC2. The quantitative estimate of drug-likeness (QED) is 0.219. The summed E-state index contributed by atoms with van der Waals surface area (Å²) in [5.74, 6) is 2.36. The zero-order valence-electron chi connectivity index (χ0n) is 25.8. The fourth-order valence-electron chi connectivity index (χ4n) is 7.03. The number of piperidine rings is 1. The van der Waals surface area contributed by atoms with Crippen LogP contribution in [0, 0.1) is 0 Å². The number of urea groups is 1. The molecule has 1 spiro atoms. The van der Waals surface area contributed by atoms with Crippen LogP contribution < -0.4 is 25.8 Å². The van der Waals surface area contributed by atoms with Crippen LogP contribution in [0.1, 0.15) is 30.4 Å². The lowest BCUT2D eigenvalue weighted by atomic mass is 9.74. The predicted molar refractivity (Wildman–Crippen MR) is 166 cm³/mol. The number of aliphatic imine (C=N–C) groups is 1.